The van der Waals surface area contributed by atoms with Crippen molar-refractivity contribution in [1.29, 1.82) is 0 Å². The van der Waals surface area contributed by atoms with E-state index in [1.165, 1.54) is 25.3 Å². The highest BCUT2D eigenvalue weighted by atomic mass is 16.6. The lowest BCUT2D eigenvalue weighted by Crippen LogP contribution is -2.32. The topological polar surface area (TPSA) is 108 Å². The smallest absolute Gasteiger partial charge is 0.337 e. The zero-order valence-corrected chi connectivity index (χ0v) is 18.5. The van der Waals surface area contributed by atoms with Gasteiger partial charge in [-0.05, 0) is 31.1 Å². The molecule has 8 heteroatoms. The third-order valence-electron chi connectivity index (χ3n) is 5.22. The fraction of sp³-hybridized carbons (Fsp3) is 0.200. The molecule has 1 aliphatic heterocycles. The molecule has 0 aromatic heterocycles. The first-order valence-corrected chi connectivity index (χ1v) is 10.2. The van der Waals surface area contributed by atoms with Gasteiger partial charge < -0.3 is 14.8 Å². The minimum atomic E-state index is -0.885. The van der Waals surface area contributed by atoms with Crippen LogP contribution in [-0.4, -0.2) is 30.6 Å². The Bertz CT molecular complexity index is 1160. The monoisotopic (exact) mass is 448 g/mol. The number of nitro groups is 1. The van der Waals surface area contributed by atoms with Crippen molar-refractivity contribution in [3.8, 4) is 0 Å². The van der Waals surface area contributed by atoms with Crippen molar-refractivity contribution < 1.29 is 24.0 Å². The molecule has 1 heterocycles. The number of ether oxygens (including phenoxy) is 2. The number of dihydropyridines is 1. The molecule has 2 aromatic rings. The lowest BCUT2D eigenvalue weighted by molar-refractivity contribution is -0.384. The van der Waals surface area contributed by atoms with Crippen molar-refractivity contribution in [3.05, 3.63) is 104 Å². The minimum Gasteiger partial charge on any atom is -0.466 e. The number of carbonyl (C=O) groups is 2. The fourth-order valence-electron chi connectivity index (χ4n) is 3.75. The Kier molecular flexibility index (Phi) is 7.40. The molecule has 0 amide bonds. The van der Waals surface area contributed by atoms with Crippen LogP contribution in [0.1, 0.15) is 30.9 Å². The van der Waals surface area contributed by atoms with E-state index in [1.54, 1.807) is 26.0 Å². The number of nitrogens with zero attached hydrogens (tertiary/aromatic N) is 1. The number of nitrogens with one attached hydrogen (secondary N) is 1. The average Bonchev–Trinajstić information content (AvgIpc) is 2.81. The Morgan fingerprint density at radius 1 is 1.03 bits per heavy atom. The first-order valence-electron chi connectivity index (χ1n) is 10.2. The van der Waals surface area contributed by atoms with E-state index in [2.05, 4.69) is 5.32 Å². The van der Waals surface area contributed by atoms with Gasteiger partial charge in [0.2, 0.25) is 0 Å². The van der Waals surface area contributed by atoms with E-state index in [9.17, 15) is 19.7 Å². The van der Waals surface area contributed by atoms with Crippen molar-refractivity contribution in [2.24, 2.45) is 0 Å². The van der Waals surface area contributed by atoms with Crippen molar-refractivity contribution in [3.63, 3.8) is 0 Å². The largest absolute Gasteiger partial charge is 0.466 e. The summed E-state index contributed by atoms with van der Waals surface area (Å²) in [4.78, 5) is 36.6. The maximum Gasteiger partial charge on any atom is 0.337 e. The lowest BCUT2D eigenvalue weighted by atomic mass is 9.80. The summed E-state index contributed by atoms with van der Waals surface area (Å²) in [7, 11) is 1.24. The number of hydrogen-bond acceptors (Lipinski definition) is 7. The Balaban J connectivity index is 1.95. The van der Waals surface area contributed by atoms with E-state index in [-0.39, 0.29) is 23.4 Å². The average molecular weight is 448 g/mol. The second kappa shape index (κ2) is 10.4. The summed E-state index contributed by atoms with van der Waals surface area (Å²) in [5.74, 6) is -2.16. The van der Waals surface area contributed by atoms with Crippen LogP contribution in [0.2, 0.25) is 0 Å². The summed E-state index contributed by atoms with van der Waals surface area (Å²) in [6, 6.07) is 15.4. The molecule has 33 heavy (non-hydrogen) atoms. The standard InChI is InChI=1S/C25H24N2O6/c1-16-21(24(28)32-3)23(19-12-7-13-20(15-19)27(30)31)22(17(2)26-16)25(29)33-14-8-11-18-9-5-4-6-10-18/h4-13,15,23,26H,14H2,1-3H3/b11-8-/t23-/m0/s1. The minimum absolute atomic E-state index is 0.0163. The second-order valence-corrected chi connectivity index (χ2v) is 7.39. The molecule has 8 nitrogen and oxygen atoms in total. The summed E-state index contributed by atoms with van der Waals surface area (Å²) in [5.41, 5.74) is 2.60. The van der Waals surface area contributed by atoms with Crippen molar-refractivity contribution in [1.82, 2.24) is 5.32 Å². The summed E-state index contributed by atoms with van der Waals surface area (Å²) < 4.78 is 10.4. The number of nitro benzene ring substituents is 1. The van der Waals surface area contributed by atoms with Gasteiger partial charge in [-0.3, -0.25) is 10.1 Å². The first kappa shape index (κ1) is 23.5. The molecule has 0 unspecified atom stereocenters. The molecule has 0 bridgehead atoms. The number of methoxy groups -OCH3 is 1. The molecule has 0 saturated carbocycles. The molecular weight excluding hydrogens is 424 g/mol. The number of hydrogen-bond donors (Lipinski definition) is 1. The van der Waals surface area contributed by atoms with Gasteiger partial charge in [0, 0.05) is 23.5 Å². The van der Waals surface area contributed by atoms with Crippen molar-refractivity contribution in [2.75, 3.05) is 13.7 Å². The number of carbonyl (C=O) groups excluding carboxylic acids is 2. The van der Waals surface area contributed by atoms with Gasteiger partial charge in [0.25, 0.3) is 5.69 Å². The second-order valence-electron chi connectivity index (χ2n) is 7.39. The van der Waals surface area contributed by atoms with E-state index in [4.69, 9.17) is 9.47 Å². The van der Waals surface area contributed by atoms with Crippen LogP contribution in [0.3, 0.4) is 0 Å². The highest BCUT2D eigenvalue weighted by Crippen LogP contribution is 2.40. The molecule has 3 rings (SSSR count). The Hall–Kier alpha value is -4.20. The van der Waals surface area contributed by atoms with Gasteiger partial charge in [-0.25, -0.2) is 9.59 Å². The first-order chi connectivity index (χ1) is 15.8. The van der Waals surface area contributed by atoms with Crippen LogP contribution in [0.25, 0.3) is 6.08 Å². The van der Waals surface area contributed by atoms with Gasteiger partial charge in [0.1, 0.15) is 6.61 Å². The third kappa shape index (κ3) is 5.35. The van der Waals surface area contributed by atoms with Gasteiger partial charge >= 0.3 is 11.9 Å². The number of esters is 2. The Labute approximate surface area is 191 Å². The number of rotatable bonds is 7. The quantitative estimate of drug-likeness (QED) is 0.383. The zero-order chi connectivity index (χ0) is 24.0. The van der Waals surface area contributed by atoms with Crippen LogP contribution in [0.5, 0.6) is 0 Å². The molecule has 0 aliphatic carbocycles. The SMILES string of the molecule is COC(=O)C1=C(C)NC(C)=C(C(=O)OC/C=C\c2ccccc2)[C@H]1c1cccc([N+](=O)[O-])c1. The summed E-state index contributed by atoms with van der Waals surface area (Å²) in [6.45, 7) is 3.39. The summed E-state index contributed by atoms with van der Waals surface area (Å²) in [6.07, 6.45) is 3.54. The van der Waals surface area contributed by atoms with Gasteiger partial charge in [-0.1, -0.05) is 48.5 Å². The van der Waals surface area contributed by atoms with Crippen LogP contribution in [0.15, 0.2) is 83.2 Å². The summed E-state index contributed by atoms with van der Waals surface area (Å²) >= 11 is 0. The van der Waals surface area contributed by atoms with E-state index in [0.29, 0.717) is 17.0 Å². The lowest BCUT2D eigenvalue weighted by Gasteiger charge is -2.30. The predicted molar refractivity (Wildman–Crippen MR) is 123 cm³/mol. The van der Waals surface area contributed by atoms with E-state index < -0.39 is 22.8 Å². The molecule has 1 atom stereocenters. The maximum atomic E-state index is 13.1. The van der Waals surface area contributed by atoms with Crippen LogP contribution >= 0.6 is 0 Å². The molecule has 1 N–H and O–H groups in total. The van der Waals surface area contributed by atoms with Gasteiger partial charge in [0.15, 0.2) is 0 Å². The Morgan fingerprint density at radius 2 is 1.70 bits per heavy atom. The number of allylic oxidation sites excluding steroid dienone is 2. The van der Waals surface area contributed by atoms with Gasteiger partial charge in [0.05, 0.1) is 29.1 Å². The molecule has 0 spiro atoms. The Morgan fingerprint density at radius 3 is 2.33 bits per heavy atom. The van der Waals surface area contributed by atoms with Gasteiger partial charge in [-0.15, -0.1) is 0 Å². The maximum absolute atomic E-state index is 13.1. The number of non-ortho nitro benzene ring substituents is 1. The molecule has 0 radical (unpaired) electrons. The normalized spacial score (nSPS) is 15.9. The van der Waals surface area contributed by atoms with E-state index >= 15 is 0 Å². The van der Waals surface area contributed by atoms with Crippen LogP contribution < -0.4 is 5.32 Å². The molecular formula is C25H24N2O6. The molecule has 170 valence electrons. The zero-order valence-electron chi connectivity index (χ0n) is 18.5. The molecule has 1 aliphatic rings. The van der Waals surface area contributed by atoms with Crippen LogP contribution in [0.4, 0.5) is 5.69 Å². The molecule has 0 saturated heterocycles. The fourth-order valence-corrected chi connectivity index (χ4v) is 3.75. The summed E-state index contributed by atoms with van der Waals surface area (Å²) in [5, 5.41) is 14.4. The van der Waals surface area contributed by atoms with Crippen molar-refractivity contribution in [2.45, 2.75) is 19.8 Å². The highest BCUT2D eigenvalue weighted by molar-refractivity contribution is 6.00. The van der Waals surface area contributed by atoms with Crippen LogP contribution in [0, 0.1) is 10.1 Å². The third-order valence-corrected chi connectivity index (χ3v) is 5.22. The predicted octanol–water partition coefficient (Wildman–Crippen LogP) is 4.26. The van der Waals surface area contributed by atoms with Crippen molar-refractivity contribution >= 4 is 23.7 Å². The van der Waals surface area contributed by atoms with Gasteiger partial charge in [-0.2, -0.15) is 0 Å². The van der Waals surface area contributed by atoms with E-state index in [0.717, 1.165) is 5.56 Å². The van der Waals surface area contributed by atoms with Crippen LogP contribution in [-0.2, 0) is 19.1 Å². The molecule has 2 aromatic carbocycles. The highest BCUT2D eigenvalue weighted by Gasteiger charge is 2.38. The number of benzene rings is 2. The van der Waals surface area contributed by atoms with E-state index in [1.807, 2.05) is 36.4 Å². The molecule has 0 fully saturated rings.